The fourth-order valence-corrected chi connectivity index (χ4v) is 3.57. The Morgan fingerprint density at radius 2 is 2.25 bits per heavy atom. The van der Waals surface area contributed by atoms with Crippen LogP contribution in [0.25, 0.3) is 5.65 Å². The van der Waals surface area contributed by atoms with Gasteiger partial charge in [-0.25, -0.2) is 9.78 Å². The Morgan fingerprint density at radius 3 is 3.00 bits per heavy atom. The fraction of sp³-hybridized carbons (Fsp3) is 0.438. The normalized spacial score (nSPS) is 17.9. The number of halogens is 1. The third kappa shape index (κ3) is 3.53. The van der Waals surface area contributed by atoms with Crippen LogP contribution in [0.4, 0.5) is 4.79 Å². The molecule has 0 radical (unpaired) electrons. The number of hydrogen-bond donors (Lipinski definition) is 2. The molecule has 0 aliphatic carbocycles. The number of carbonyl (C=O) groups excluding carboxylic acids is 1. The van der Waals surface area contributed by atoms with Gasteiger partial charge in [-0.05, 0) is 47.3 Å². The van der Waals surface area contributed by atoms with Gasteiger partial charge in [0.25, 0.3) is 0 Å². The SMILES string of the molecule is Cc1cc(Br)cn2cc(CNC(=O)N3CCCC(C(=O)O)C3)nc12. The van der Waals surface area contributed by atoms with Crippen LogP contribution in [0.2, 0.25) is 0 Å². The van der Waals surface area contributed by atoms with Gasteiger partial charge in [-0.1, -0.05) is 0 Å². The summed E-state index contributed by atoms with van der Waals surface area (Å²) in [6.07, 6.45) is 5.14. The lowest BCUT2D eigenvalue weighted by molar-refractivity contribution is -0.143. The van der Waals surface area contributed by atoms with E-state index in [9.17, 15) is 9.59 Å². The van der Waals surface area contributed by atoms with Crippen molar-refractivity contribution in [3.8, 4) is 0 Å². The Balaban J connectivity index is 1.64. The average molecular weight is 395 g/mol. The van der Waals surface area contributed by atoms with E-state index in [2.05, 4.69) is 26.2 Å². The minimum atomic E-state index is -0.839. The largest absolute Gasteiger partial charge is 0.481 e. The number of urea groups is 1. The number of aryl methyl sites for hydroxylation is 1. The van der Waals surface area contributed by atoms with E-state index in [4.69, 9.17) is 5.11 Å². The molecule has 3 heterocycles. The van der Waals surface area contributed by atoms with Crippen molar-refractivity contribution >= 4 is 33.6 Å². The Labute approximate surface area is 147 Å². The maximum Gasteiger partial charge on any atom is 0.317 e. The number of carboxylic acid groups (broad SMARTS) is 1. The number of likely N-dealkylation sites (tertiary alicyclic amines) is 1. The smallest absolute Gasteiger partial charge is 0.317 e. The van der Waals surface area contributed by atoms with E-state index in [0.29, 0.717) is 25.9 Å². The second kappa shape index (κ2) is 6.80. The Morgan fingerprint density at radius 1 is 1.46 bits per heavy atom. The number of aromatic nitrogens is 2. The molecule has 128 valence electrons. The molecule has 3 rings (SSSR count). The highest BCUT2D eigenvalue weighted by atomic mass is 79.9. The number of piperidine rings is 1. The Kier molecular flexibility index (Phi) is 4.75. The van der Waals surface area contributed by atoms with Crippen molar-refractivity contribution in [1.29, 1.82) is 0 Å². The molecule has 0 bridgehead atoms. The zero-order chi connectivity index (χ0) is 17.3. The Bertz CT molecular complexity index is 789. The number of rotatable bonds is 3. The number of aliphatic carboxylic acids is 1. The first-order chi connectivity index (χ1) is 11.4. The number of hydrogen-bond acceptors (Lipinski definition) is 3. The van der Waals surface area contributed by atoms with E-state index >= 15 is 0 Å². The van der Waals surface area contributed by atoms with Crippen molar-refractivity contribution in [3.05, 3.63) is 34.2 Å². The van der Waals surface area contributed by atoms with Gasteiger partial charge < -0.3 is 19.7 Å². The van der Waals surface area contributed by atoms with Crippen LogP contribution in [0.15, 0.2) is 22.9 Å². The predicted molar refractivity (Wildman–Crippen MR) is 91.8 cm³/mol. The summed E-state index contributed by atoms with van der Waals surface area (Å²) in [5, 5.41) is 11.9. The predicted octanol–water partition coefficient (Wildman–Crippen LogP) is 2.41. The molecule has 1 aliphatic heterocycles. The molecule has 24 heavy (non-hydrogen) atoms. The van der Waals surface area contributed by atoms with Gasteiger partial charge in [0.2, 0.25) is 0 Å². The summed E-state index contributed by atoms with van der Waals surface area (Å²) < 4.78 is 2.89. The molecule has 1 atom stereocenters. The average Bonchev–Trinajstić information content (AvgIpc) is 2.96. The van der Waals surface area contributed by atoms with Crippen molar-refractivity contribution < 1.29 is 14.7 Å². The number of nitrogens with one attached hydrogen (secondary N) is 1. The van der Waals surface area contributed by atoms with Gasteiger partial charge in [0, 0.05) is 30.0 Å². The highest BCUT2D eigenvalue weighted by molar-refractivity contribution is 9.10. The molecule has 2 aromatic heterocycles. The van der Waals surface area contributed by atoms with E-state index in [1.54, 1.807) is 4.90 Å². The summed E-state index contributed by atoms with van der Waals surface area (Å²) in [6.45, 7) is 3.15. The molecule has 2 aromatic rings. The van der Waals surface area contributed by atoms with Gasteiger partial charge in [-0.2, -0.15) is 0 Å². The lowest BCUT2D eigenvalue weighted by atomic mass is 9.99. The zero-order valence-electron chi connectivity index (χ0n) is 13.3. The maximum absolute atomic E-state index is 12.3. The number of carboxylic acids is 1. The molecule has 1 aliphatic rings. The molecule has 0 spiro atoms. The van der Waals surface area contributed by atoms with Crippen LogP contribution in [-0.2, 0) is 11.3 Å². The molecule has 2 amide bonds. The monoisotopic (exact) mass is 394 g/mol. The van der Waals surface area contributed by atoms with Gasteiger partial charge in [-0.3, -0.25) is 4.79 Å². The maximum atomic E-state index is 12.3. The summed E-state index contributed by atoms with van der Waals surface area (Å²) in [7, 11) is 0. The van der Waals surface area contributed by atoms with Gasteiger partial charge in [0.1, 0.15) is 5.65 Å². The first kappa shape index (κ1) is 16.8. The highest BCUT2D eigenvalue weighted by Gasteiger charge is 2.28. The number of pyridine rings is 1. The van der Waals surface area contributed by atoms with Crippen molar-refractivity contribution in [2.45, 2.75) is 26.3 Å². The highest BCUT2D eigenvalue weighted by Crippen LogP contribution is 2.18. The van der Waals surface area contributed by atoms with Gasteiger partial charge in [0.15, 0.2) is 0 Å². The van der Waals surface area contributed by atoms with Crippen molar-refractivity contribution in [2.24, 2.45) is 5.92 Å². The van der Waals surface area contributed by atoms with Crippen molar-refractivity contribution in [2.75, 3.05) is 13.1 Å². The molecule has 8 heteroatoms. The van der Waals surface area contributed by atoms with Crippen molar-refractivity contribution in [3.63, 3.8) is 0 Å². The van der Waals surface area contributed by atoms with Crippen LogP contribution in [0.1, 0.15) is 24.1 Å². The number of amides is 2. The van der Waals surface area contributed by atoms with E-state index in [-0.39, 0.29) is 12.6 Å². The minimum absolute atomic E-state index is 0.240. The van der Waals surface area contributed by atoms with Crippen LogP contribution in [0.5, 0.6) is 0 Å². The lowest BCUT2D eigenvalue weighted by Crippen LogP contribution is -2.46. The van der Waals surface area contributed by atoms with E-state index in [1.165, 1.54) is 0 Å². The molecule has 0 saturated carbocycles. The zero-order valence-corrected chi connectivity index (χ0v) is 14.9. The number of carbonyl (C=O) groups is 2. The van der Waals surface area contributed by atoms with E-state index in [0.717, 1.165) is 21.4 Å². The third-order valence-electron chi connectivity index (χ3n) is 4.23. The molecule has 7 nitrogen and oxygen atoms in total. The summed E-state index contributed by atoms with van der Waals surface area (Å²) in [5.41, 5.74) is 2.66. The molecular formula is C16H19BrN4O3. The summed E-state index contributed by atoms with van der Waals surface area (Å²) in [4.78, 5) is 29.4. The number of fused-ring (bicyclic) bond motifs is 1. The second-order valence-corrected chi connectivity index (χ2v) is 7.00. The van der Waals surface area contributed by atoms with Crippen LogP contribution < -0.4 is 5.32 Å². The lowest BCUT2D eigenvalue weighted by Gasteiger charge is -2.30. The van der Waals surface area contributed by atoms with Crippen molar-refractivity contribution in [1.82, 2.24) is 19.6 Å². The summed E-state index contributed by atoms with van der Waals surface area (Å²) in [5.74, 6) is -1.31. The van der Waals surface area contributed by atoms with Crippen LogP contribution >= 0.6 is 15.9 Å². The van der Waals surface area contributed by atoms with E-state index < -0.39 is 11.9 Å². The first-order valence-electron chi connectivity index (χ1n) is 7.83. The topological polar surface area (TPSA) is 86.9 Å². The molecular weight excluding hydrogens is 376 g/mol. The van der Waals surface area contributed by atoms with E-state index in [1.807, 2.05) is 29.8 Å². The standard InChI is InChI=1S/C16H19BrN4O3/c1-10-5-12(17)8-21-9-13(19-14(10)21)6-18-16(24)20-4-2-3-11(7-20)15(22)23/h5,8-9,11H,2-4,6-7H2,1H3,(H,18,24)(H,22,23). The molecule has 1 saturated heterocycles. The summed E-state index contributed by atoms with van der Waals surface area (Å²) >= 11 is 3.45. The Hall–Kier alpha value is -2.09. The molecule has 1 unspecified atom stereocenters. The summed E-state index contributed by atoms with van der Waals surface area (Å²) in [6, 6.07) is 1.75. The molecule has 0 aromatic carbocycles. The van der Waals surface area contributed by atoms with Gasteiger partial charge >= 0.3 is 12.0 Å². The van der Waals surface area contributed by atoms with Crippen LogP contribution in [0.3, 0.4) is 0 Å². The number of imidazole rings is 1. The quantitative estimate of drug-likeness (QED) is 0.836. The van der Waals surface area contributed by atoms with Crippen LogP contribution in [0, 0.1) is 12.8 Å². The number of nitrogens with zero attached hydrogens (tertiary/aromatic N) is 3. The van der Waals surface area contributed by atoms with Crippen LogP contribution in [-0.4, -0.2) is 44.5 Å². The first-order valence-corrected chi connectivity index (χ1v) is 8.62. The molecule has 2 N–H and O–H groups in total. The molecule has 1 fully saturated rings. The van der Waals surface area contributed by atoms with Gasteiger partial charge in [-0.15, -0.1) is 0 Å². The van der Waals surface area contributed by atoms with Gasteiger partial charge in [0.05, 0.1) is 18.2 Å². The third-order valence-corrected chi connectivity index (χ3v) is 4.66. The second-order valence-electron chi connectivity index (χ2n) is 6.09. The fourth-order valence-electron chi connectivity index (χ4n) is 3.00. The minimum Gasteiger partial charge on any atom is -0.481 e.